The maximum absolute atomic E-state index is 10.6. The van der Waals surface area contributed by atoms with Crippen LogP contribution >= 0.6 is 0 Å². The summed E-state index contributed by atoms with van der Waals surface area (Å²) in [7, 11) is 1.76. The topological polar surface area (TPSA) is 26.3 Å². The van der Waals surface area contributed by atoms with Crippen LogP contribution in [0, 0.1) is 11.3 Å². The molecule has 0 aliphatic carbocycles. The third-order valence-electron chi connectivity index (χ3n) is 3.99. The quantitative estimate of drug-likeness (QED) is 0.403. The van der Waals surface area contributed by atoms with Gasteiger partial charge in [-0.15, -0.1) is 0 Å². The summed E-state index contributed by atoms with van der Waals surface area (Å²) in [4.78, 5) is 10.6. The van der Waals surface area contributed by atoms with Gasteiger partial charge in [-0.25, -0.2) is 4.79 Å². The van der Waals surface area contributed by atoms with E-state index in [4.69, 9.17) is 4.74 Å². The summed E-state index contributed by atoms with van der Waals surface area (Å²) >= 11 is 0. The van der Waals surface area contributed by atoms with Crippen LogP contribution in [-0.2, 0) is 9.53 Å². The zero-order chi connectivity index (χ0) is 13.9. The van der Waals surface area contributed by atoms with E-state index in [1.165, 1.54) is 25.7 Å². The minimum atomic E-state index is 0.120. The second kappa shape index (κ2) is 10.3. The highest BCUT2D eigenvalue weighted by atomic mass is 16.5. The van der Waals surface area contributed by atoms with Gasteiger partial charge in [-0.05, 0) is 18.8 Å². The molecule has 18 heavy (non-hydrogen) atoms. The maximum Gasteiger partial charge on any atom is 0.120 e. The van der Waals surface area contributed by atoms with Gasteiger partial charge in [0.2, 0.25) is 0 Å². The molecule has 2 unspecified atom stereocenters. The zero-order valence-electron chi connectivity index (χ0n) is 12.6. The molecular weight excluding hydrogens is 224 g/mol. The van der Waals surface area contributed by atoms with Crippen LogP contribution in [0.3, 0.4) is 0 Å². The van der Waals surface area contributed by atoms with Crippen molar-refractivity contribution in [2.45, 2.75) is 65.7 Å². The van der Waals surface area contributed by atoms with Crippen LogP contribution in [0.2, 0.25) is 0 Å². The highest BCUT2D eigenvalue weighted by Gasteiger charge is 2.33. The molecule has 0 amide bonds. The SMILES string of the molecule is CCCCCCC(CCC)(COC)C(C)C=C=O. The molecule has 0 spiro atoms. The van der Waals surface area contributed by atoms with Gasteiger partial charge in [0.15, 0.2) is 0 Å². The third-order valence-corrected chi connectivity index (χ3v) is 3.99. The molecule has 2 atom stereocenters. The number of ether oxygens (including phenoxy) is 1. The fourth-order valence-electron chi connectivity index (χ4n) is 2.82. The number of allylic oxidation sites excluding steroid dienone is 1. The molecule has 0 aliphatic heterocycles. The van der Waals surface area contributed by atoms with Gasteiger partial charge in [0.25, 0.3) is 0 Å². The lowest BCUT2D eigenvalue weighted by Crippen LogP contribution is -2.33. The van der Waals surface area contributed by atoms with Crippen LogP contribution < -0.4 is 0 Å². The normalized spacial score (nSPS) is 15.8. The van der Waals surface area contributed by atoms with Gasteiger partial charge in [-0.2, -0.15) is 0 Å². The standard InChI is InChI=1S/C16H30O2/c1-5-7-8-9-12-16(11-6-2,14-18-4)15(3)10-13-17/h10,15H,5-9,11-12,14H2,1-4H3. The molecule has 0 rings (SSSR count). The van der Waals surface area contributed by atoms with Crippen LogP contribution in [0.5, 0.6) is 0 Å². The summed E-state index contributed by atoms with van der Waals surface area (Å²) in [6.45, 7) is 7.30. The molecule has 0 saturated heterocycles. The van der Waals surface area contributed by atoms with Gasteiger partial charge in [0.1, 0.15) is 5.94 Å². The van der Waals surface area contributed by atoms with E-state index in [2.05, 4.69) is 20.8 Å². The highest BCUT2D eigenvalue weighted by molar-refractivity contribution is 5.45. The number of rotatable bonds is 11. The summed E-state index contributed by atoms with van der Waals surface area (Å²) in [5.41, 5.74) is 0.120. The predicted octanol–water partition coefficient (Wildman–Crippen LogP) is 4.41. The molecule has 2 nitrogen and oxygen atoms in total. The molecule has 0 aromatic carbocycles. The Kier molecular flexibility index (Phi) is 10.0. The lowest BCUT2D eigenvalue weighted by molar-refractivity contribution is 0.0347. The van der Waals surface area contributed by atoms with Crippen molar-refractivity contribution in [1.82, 2.24) is 0 Å². The van der Waals surface area contributed by atoms with E-state index < -0.39 is 0 Å². The number of unbranched alkanes of at least 4 members (excludes halogenated alkanes) is 3. The Bertz CT molecular complexity index is 235. The highest BCUT2D eigenvalue weighted by Crippen LogP contribution is 2.39. The first kappa shape index (κ1) is 17.4. The monoisotopic (exact) mass is 254 g/mol. The van der Waals surface area contributed by atoms with Gasteiger partial charge in [0, 0.05) is 18.6 Å². The van der Waals surface area contributed by atoms with E-state index >= 15 is 0 Å². The van der Waals surface area contributed by atoms with Crippen molar-refractivity contribution in [2.75, 3.05) is 13.7 Å². The molecule has 106 valence electrons. The lowest BCUT2D eigenvalue weighted by atomic mass is 9.70. The van der Waals surface area contributed by atoms with Gasteiger partial charge in [0.05, 0.1) is 6.61 Å². The fourth-order valence-corrected chi connectivity index (χ4v) is 2.82. The van der Waals surface area contributed by atoms with Crippen LogP contribution in [0.25, 0.3) is 0 Å². The van der Waals surface area contributed by atoms with Crippen molar-refractivity contribution >= 4 is 5.94 Å². The molecule has 0 fully saturated rings. The molecule has 0 heterocycles. The Labute approximate surface area is 113 Å². The van der Waals surface area contributed by atoms with Crippen LogP contribution in [0.4, 0.5) is 0 Å². The van der Waals surface area contributed by atoms with Gasteiger partial charge < -0.3 is 4.74 Å². The molecular formula is C16H30O2. The molecule has 0 bridgehead atoms. The van der Waals surface area contributed by atoms with Crippen molar-refractivity contribution < 1.29 is 9.53 Å². The second-order valence-corrected chi connectivity index (χ2v) is 5.43. The Morgan fingerprint density at radius 3 is 2.39 bits per heavy atom. The first-order valence-corrected chi connectivity index (χ1v) is 7.36. The van der Waals surface area contributed by atoms with Crippen molar-refractivity contribution in [3.8, 4) is 0 Å². The molecule has 0 aromatic heterocycles. The molecule has 0 radical (unpaired) electrons. The maximum atomic E-state index is 10.6. The van der Waals surface area contributed by atoms with E-state index in [1.54, 1.807) is 13.2 Å². The summed E-state index contributed by atoms with van der Waals surface area (Å²) in [5.74, 6) is 2.21. The number of carbonyl (C=O) groups excluding carboxylic acids is 1. The van der Waals surface area contributed by atoms with E-state index in [0.717, 1.165) is 25.9 Å². The molecule has 0 N–H and O–H groups in total. The Morgan fingerprint density at radius 1 is 1.17 bits per heavy atom. The number of hydrogen-bond acceptors (Lipinski definition) is 2. The van der Waals surface area contributed by atoms with Crippen molar-refractivity contribution in [2.24, 2.45) is 11.3 Å². The summed E-state index contributed by atoms with van der Waals surface area (Å²) in [6, 6.07) is 0. The van der Waals surface area contributed by atoms with Crippen LogP contribution in [-0.4, -0.2) is 19.7 Å². The minimum Gasteiger partial charge on any atom is -0.384 e. The second-order valence-electron chi connectivity index (χ2n) is 5.43. The first-order valence-electron chi connectivity index (χ1n) is 7.36. The van der Waals surface area contributed by atoms with E-state index in [1.807, 2.05) is 5.94 Å². The molecule has 0 aliphatic rings. The molecule has 2 heteroatoms. The van der Waals surface area contributed by atoms with Crippen molar-refractivity contribution in [3.63, 3.8) is 0 Å². The number of methoxy groups -OCH3 is 1. The Hall–Kier alpha value is -0.590. The predicted molar refractivity (Wildman–Crippen MR) is 77.4 cm³/mol. The fraction of sp³-hybridized carbons (Fsp3) is 0.875. The summed E-state index contributed by atoms with van der Waals surface area (Å²) in [5, 5.41) is 0. The number of hydrogen-bond donors (Lipinski definition) is 0. The Morgan fingerprint density at radius 2 is 1.89 bits per heavy atom. The average molecular weight is 254 g/mol. The summed E-state index contributed by atoms with van der Waals surface area (Å²) in [6.07, 6.45) is 10.1. The van der Waals surface area contributed by atoms with Gasteiger partial charge >= 0.3 is 0 Å². The van der Waals surface area contributed by atoms with Gasteiger partial charge in [-0.1, -0.05) is 52.9 Å². The van der Waals surface area contributed by atoms with E-state index in [0.29, 0.717) is 0 Å². The smallest absolute Gasteiger partial charge is 0.120 e. The lowest BCUT2D eigenvalue weighted by Gasteiger charge is -2.37. The summed E-state index contributed by atoms with van der Waals surface area (Å²) < 4.78 is 5.43. The van der Waals surface area contributed by atoms with E-state index in [-0.39, 0.29) is 11.3 Å². The minimum absolute atomic E-state index is 0.120. The van der Waals surface area contributed by atoms with Crippen LogP contribution in [0.15, 0.2) is 6.08 Å². The van der Waals surface area contributed by atoms with E-state index in [9.17, 15) is 4.79 Å². The first-order chi connectivity index (χ1) is 8.66. The van der Waals surface area contributed by atoms with Crippen molar-refractivity contribution in [1.29, 1.82) is 0 Å². The van der Waals surface area contributed by atoms with Crippen molar-refractivity contribution in [3.05, 3.63) is 6.08 Å². The molecule has 0 aromatic rings. The Balaban J connectivity index is 4.66. The molecule has 0 saturated carbocycles. The third kappa shape index (κ3) is 5.84. The van der Waals surface area contributed by atoms with Gasteiger partial charge in [-0.3, -0.25) is 0 Å². The largest absolute Gasteiger partial charge is 0.384 e. The average Bonchev–Trinajstić information content (AvgIpc) is 2.35. The zero-order valence-corrected chi connectivity index (χ0v) is 12.6. The van der Waals surface area contributed by atoms with Crippen LogP contribution in [0.1, 0.15) is 65.7 Å².